The van der Waals surface area contributed by atoms with E-state index in [1.54, 1.807) is 52.4 Å². The molecule has 0 unspecified atom stereocenters. The molecule has 2 aromatic carbocycles. The minimum Gasteiger partial charge on any atom is -0.479 e. The van der Waals surface area contributed by atoms with Gasteiger partial charge in [-0.1, -0.05) is 52.0 Å². The number of ether oxygens (including phenoxy) is 12. The number of ketones is 1. The van der Waals surface area contributed by atoms with E-state index >= 15 is 0 Å². The molecular formula is C72H103N7O25. The predicted octanol–water partition coefficient (Wildman–Crippen LogP) is 2.38. The Labute approximate surface area is 603 Å². The molecule has 0 saturated carbocycles. The Morgan fingerprint density at radius 3 is 1.96 bits per heavy atom. The zero-order chi connectivity index (χ0) is 75.5. The number of pyridine rings is 2. The molecule has 9 atom stereocenters. The number of amides is 4. The van der Waals surface area contributed by atoms with Gasteiger partial charge in [-0.2, -0.15) is 0 Å². The standard InChI is InChI=1S/C72H103N7O25/c1-8-72(92)51-39-55-60-49(40-79(55)67(87)50(51)42-101-70(72)90)47(48-13-9-10-14-52(48)75-60)18-21-78(44(4)5)71(91)102-41-46-16-17-53(57(38-46)103-69-63(84)61(82)62(83)64(104-69)68(88)89)76-65(85)45(6)37-56(80)59(43(2)3)77-66(86)54(15-11-12-20-73)74-58(81)19-22-94-25-26-96-29-30-98-33-34-100-36-35-99-32-31-97-28-27-95-24-23-93-7/h9-10,13-14,16-17,38-39,43-45,54,59,61-64,69,82-84,92H,8,11-12,15,18-37,40-42,73H2,1-7H3,(H,74,81)(H,76,85)(H,77,86)(H,88,89)/t45-,54+,59+,61+,62+,63-,64+,69-,72+/m1/s1. The molecule has 3 aliphatic rings. The van der Waals surface area contributed by atoms with Gasteiger partial charge in [-0.05, 0) is 93.8 Å². The highest BCUT2D eigenvalue weighted by Crippen LogP contribution is 2.41. The number of carbonyl (C=O) groups excluding carboxylic acids is 6. The van der Waals surface area contributed by atoms with E-state index in [1.165, 1.54) is 30.0 Å². The third-order valence-electron chi connectivity index (χ3n) is 17.9. The first-order valence-corrected chi connectivity index (χ1v) is 35.3. The maximum atomic E-state index is 14.2. The van der Waals surface area contributed by atoms with Gasteiger partial charge in [-0.15, -0.1) is 0 Å². The molecule has 1 fully saturated rings. The number of carboxylic acid groups (broad SMARTS) is 1. The number of para-hydroxylation sites is 1. The van der Waals surface area contributed by atoms with Gasteiger partial charge in [0, 0.05) is 55.0 Å². The zero-order valence-electron chi connectivity index (χ0n) is 60.3. The highest BCUT2D eigenvalue weighted by molar-refractivity contribution is 5.99. The van der Waals surface area contributed by atoms with E-state index in [4.69, 9.17) is 67.6 Å². The third kappa shape index (κ3) is 23.2. The Morgan fingerprint density at radius 2 is 1.38 bits per heavy atom. The lowest BCUT2D eigenvalue weighted by atomic mass is 9.86. The van der Waals surface area contributed by atoms with Gasteiger partial charge in [-0.3, -0.25) is 24.0 Å². The molecule has 7 rings (SSSR count). The summed E-state index contributed by atoms with van der Waals surface area (Å²) in [5.41, 5.74) is 6.82. The predicted molar refractivity (Wildman–Crippen MR) is 373 cm³/mol. The molecule has 0 radical (unpaired) electrons. The number of aliphatic hydroxyl groups is 4. The maximum absolute atomic E-state index is 14.2. The number of anilines is 1. The number of aliphatic hydroxyl groups excluding tert-OH is 3. The number of unbranched alkanes of at least 4 members (excludes halogenated alkanes) is 1. The Morgan fingerprint density at radius 1 is 0.760 bits per heavy atom. The third-order valence-corrected chi connectivity index (χ3v) is 17.9. The fraction of sp³-hybridized carbons (Fsp3) is 0.625. The van der Waals surface area contributed by atoms with E-state index in [0.717, 1.165) is 10.9 Å². The van der Waals surface area contributed by atoms with E-state index in [1.807, 2.05) is 24.3 Å². The summed E-state index contributed by atoms with van der Waals surface area (Å²) < 4.78 is 67.5. The molecule has 32 nitrogen and oxygen atoms in total. The number of nitrogens with zero attached hydrogens (tertiary/aromatic N) is 3. The first-order valence-electron chi connectivity index (χ1n) is 35.3. The van der Waals surface area contributed by atoms with Crippen molar-refractivity contribution in [1.82, 2.24) is 25.1 Å². The molecule has 4 aromatic rings. The Hall–Kier alpha value is -7.67. The summed E-state index contributed by atoms with van der Waals surface area (Å²) in [6.45, 7) is 15.7. The fourth-order valence-electron chi connectivity index (χ4n) is 12.0. The highest BCUT2D eigenvalue weighted by atomic mass is 16.7. The molecule has 2 aromatic heterocycles. The molecule has 5 heterocycles. The summed E-state index contributed by atoms with van der Waals surface area (Å²) in [5, 5.41) is 62.5. The number of Topliss-reactive ketones (excluding diaryl/α,β-unsaturated/α-hetero) is 1. The molecule has 32 heteroatoms. The smallest absolute Gasteiger partial charge is 0.410 e. The topological polar surface area (TPSA) is 432 Å². The van der Waals surface area contributed by atoms with Gasteiger partial charge in [0.05, 0.1) is 140 Å². The number of hydrogen-bond donors (Lipinski definition) is 9. The number of hydrogen-bond acceptors (Lipinski definition) is 26. The van der Waals surface area contributed by atoms with E-state index in [9.17, 15) is 63.9 Å². The molecule has 0 spiro atoms. The Bertz CT molecular complexity index is 3560. The number of esters is 1. The van der Waals surface area contributed by atoms with Gasteiger partial charge in [0.15, 0.2) is 17.5 Å². The number of carboxylic acids is 1. The van der Waals surface area contributed by atoms with Crippen LogP contribution in [0.25, 0.3) is 22.3 Å². The number of benzene rings is 2. The lowest BCUT2D eigenvalue weighted by Crippen LogP contribution is -2.61. The van der Waals surface area contributed by atoms with Gasteiger partial charge in [0.25, 0.3) is 5.56 Å². The SMILES string of the molecule is CC[C@@]1(O)C(=O)OCc2c1cc1n(c2=O)Cc2c-1nc1ccccc1c2CCN(C(=O)OCc1ccc(NC(=O)[C@H](C)CC(=O)[C@@H](NC(=O)[C@H](CCCCN)NC(=O)CCOCCOCCOCCOCCOCCOCCOCCOC)C(C)C)c(O[C@@H]2O[C@H](C(=O)O)[C@@H](O)[C@H](O)[C@H]2O)c1)C(C)C. The second kappa shape index (κ2) is 41.9. The number of aliphatic carboxylic acids is 1. The fourth-order valence-corrected chi connectivity index (χ4v) is 12.0. The molecule has 3 aliphatic heterocycles. The van der Waals surface area contributed by atoms with Crippen LogP contribution in [0.5, 0.6) is 5.75 Å². The molecule has 576 valence electrons. The second-order valence-electron chi connectivity index (χ2n) is 26.0. The van der Waals surface area contributed by atoms with Crippen molar-refractivity contribution in [2.75, 3.05) is 125 Å². The van der Waals surface area contributed by atoms with Crippen molar-refractivity contribution >= 4 is 58.1 Å². The molecule has 1 saturated heterocycles. The van der Waals surface area contributed by atoms with Crippen molar-refractivity contribution in [2.24, 2.45) is 17.6 Å². The number of cyclic esters (lactones) is 1. The molecular weight excluding hydrogens is 1360 g/mol. The highest BCUT2D eigenvalue weighted by Gasteiger charge is 2.49. The minimum atomic E-state index is -2.07. The summed E-state index contributed by atoms with van der Waals surface area (Å²) in [6.07, 6.45) is -9.91. The largest absolute Gasteiger partial charge is 0.479 e. The lowest BCUT2D eigenvalue weighted by molar-refractivity contribution is -0.271. The average molecular weight is 1470 g/mol. The van der Waals surface area contributed by atoms with Crippen LogP contribution in [0.15, 0.2) is 53.3 Å². The summed E-state index contributed by atoms with van der Waals surface area (Å²) in [4.78, 5) is 115. The van der Waals surface area contributed by atoms with Crippen molar-refractivity contribution < 1.29 is 116 Å². The van der Waals surface area contributed by atoms with Crippen molar-refractivity contribution in [3.05, 3.63) is 86.7 Å². The summed E-state index contributed by atoms with van der Waals surface area (Å²) in [7, 11) is 1.62. The zero-order valence-corrected chi connectivity index (χ0v) is 60.3. The lowest BCUT2D eigenvalue weighted by Gasteiger charge is -2.38. The first-order chi connectivity index (χ1) is 49.9. The molecule has 4 amide bonds. The molecule has 104 heavy (non-hydrogen) atoms. The van der Waals surface area contributed by atoms with Crippen LogP contribution in [-0.2, 0) is 113 Å². The van der Waals surface area contributed by atoms with Crippen LogP contribution in [0.3, 0.4) is 0 Å². The van der Waals surface area contributed by atoms with Crippen molar-refractivity contribution in [3.8, 4) is 17.1 Å². The van der Waals surface area contributed by atoms with Gasteiger partial charge in [0.1, 0.15) is 43.3 Å². The van der Waals surface area contributed by atoms with Gasteiger partial charge in [0.2, 0.25) is 24.0 Å². The number of aromatic nitrogens is 2. The van der Waals surface area contributed by atoms with E-state index in [-0.39, 0.29) is 93.3 Å². The number of rotatable bonds is 47. The van der Waals surface area contributed by atoms with E-state index in [2.05, 4.69) is 16.0 Å². The van der Waals surface area contributed by atoms with Crippen LogP contribution in [0, 0.1) is 11.8 Å². The van der Waals surface area contributed by atoms with Gasteiger partial charge < -0.3 is 114 Å². The van der Waals surface area contributed by atoms with Crippen molar-refractivity contribution in [2.45, 2.75) is 161 Å². The number of nitrogens with one attached hydrogen (secondary N) is 3. The quantitative estimate of drug-likeness (QED) is 0.0199. The first kappa shape index (κ1) is 83.6. The van der Waals surface area contributed by atoms with Crippen LogP contribution < -0.4 is 32.0 Å². The number of carbonyl (C=O) groups is 7. The number of methoxy groups -OCH3 is 1. The second-order valence-corrected chi connectivity index (χ2v) is 26.0. The Balaban J connectivity index is 0.919. The number of fused-ring (bicyclic) bond motifs is 5. The van der Waals surface area contributed by atoms with Gasteiger partial charge >= 0.3 is 18.0 Å². The molecule has 10 N–H and O–H groups in total. The summed E-state index contributed by atoms with van der Waals surface area (Å²) in [6, 6.07) is 10.6. The van der Waals surface area contributed by atoms with Crippen molar-refractivity contribution in [1.29, 1.82) is 0 Å². The van der Waals surface area contributed by atoms with Crippen LogP contribution in [-0.4, -0.2) is 250 Å². The van der Waals surface area contributed by atoms with Crippen LogP contribution in [0.4, 0.5) is 10.5 Å². The normalized spacial score (nSPS) is 19.2. The van der Waals surface area contributed by atoms with Crippen LogP contribution in [0.1, 0.15) is 108 Å². The molecule has 0 aliphatic carbocycles. The number of nitrogens with two attached hydrogens (primary N) is 1. The van der Waals surface area contributed by atoms with Crippen LogP contribution >= 0.6 is 0 Å². The summed E-state index contributed by atoms with van der Waals surface area (Å²) in [5.74, 6) is -6.71. The average Bonchev–Trinajstić information content (AvgIpc) is 1.54. The summed E-state index contributed by atoms with van der Waals surface area (Å²) >= 11 is 0. The Kier molecular flexibility index (Phi) is 33.7. The van der Waals surface area contributed by atoms with E-state index < -0.39 is 126 Å². The van der Waals surface area contributed by atoms with Crippen molar-refractivity contribution in [3.63, 3.8) is 0 Å². The monoisotopic (exact) mass is 1470 g/mol. The van der Waals surface area contributed by atoms with Gasteiger partial charge in [-0.25, -0.2) is 19.4 Å². The minimum absolute atomic E-state index is 0.0306. The maximum Gasteiger partial charge on any atom is 0.410 e. The molecule has 0 bridgehead atoms. The van der Waals surface area contributed by atoms with E-state index in [0.29, 0.717) is 121 Å². The van der Waals surface area contributed by atoms with Crippen LogP contribution in [0.2, 0.25) is 0 Å².